The van der Waals surface area contributed by atoms with Gasteiger partial charge < -0.3 is 5.32 Å². The van der Waals surface area contributed by atoms with Gasteiger partial charge in [0.05, 0.1) is 11.3 Å². The molecule has 1 amide bonds. The minimum atomic E-state index is -4.40. The molecule has 1 saturated carbocycles. The van der Waals surface area contributed by atoms with E-state index >= 15 is 0 Å². The normalized spacial score (nSPS) is 16.7. The number of amides is 1. The molecule has 4 nitrogen and oxygen atoms in total. The number of anilines is 1. The quantitative estimate of drug-likeness (QED) is 0.839. The van der Waals surface area contributed by atoms with E-state index in [-0.39, 0.29) is 18.7 Å². The highest BCUT2D eigenvalue weighted by molar-refractivity contribution is 5.97. The van der Waals surface area contributed by atoms with E-state index in [9.17, 15) is 22.4 Å². The molecule has 23 heavy (non-hydrogen) atoms. The number of carbonyl (C=O) groups is 1. The molecule has 2 N–H and O–H groups in total. The van der Waals surface area contributed by atoms with Gasteiger partial charge in [-0.25, -0.2) is 4.39 Å². The van der Waals surface area contributed by atoms with Gasteiger partial charge in [0.15, 0.2) is 11.5 Å². The third-order valence-electron chi connectivity index (χ3n) is 3.90. The topological polar surface area (TPSA) is 57.8 Å². The molecule has 0 aliphatic heterocycles. The first-order chi connectivity index (χ1) is 10.8. The van der Waals surface area contributed by atoms with Gasteiger partial charge in [0.2, 0.25) is 0 Å². The van der Waals surface area contributed by atoms with Crippen molar-refractivity contribution in [3.05, 3.63) is 35.9 Å². The van der Waals surface area contributed by atoms with Crippen molar-refractivity contribution in [2.75, 3.05) is 5.32 Å². The molecule has 1 aliphatic carbocycles. The smallest absolute Gasteiger partial charge is 0.306 e. The summed E-state index contributed by atoms with van der Waals surface area (Å²) in [7, 11) is 0. The second kappa shape index (κ2) is 5.36. The first kappa shape index (κ1) is 15.5. The predicted octanol–water partition coefficient (Wildman–Crippen LogP) is 3.93. The highest BCUT2D eigenvalue weighted by Gasteiger charge is 2.44. The van der Waals surface area contributed by atoms with Gasteiger partial charge in [-0.2, -0.15) is 18.3 Å². The number of rotatable bonds is 3. The number of benzene rings is 1. The van der Waals surface area contributed by atoms with Crippen LogP contribution in [0.5, 0.6) is 0 Å². The minimum Gasteiger partial charge on any atom is -0.306 e. The average Bonchev–Trinajstić information content (AvgIpc) is 2.92. The number of alkyl halides is 4. The van der Waals surface area contributed by atoms with Gasteiger partial charge in [-0.3, -0.25) is 9.89 Å². The lowest BCUT2D eigenvalue weighted by molar-refractivity contribution is -0.137. The van der Waals surface area contributed by atoms with Crippen LogP contribution in [-0.2, 0) is 11.0 Å². The fourth-order valence-corrected chi connectivity index (χ4v) is 2.31. The maximum atomic E-state index is 13.9. The zero-order valence-electron chi connectivity index (χ0n) is 11.9. The molecule has 0 atom stereocenters. The van der Waals surface area contributed by atoms with Crippen LogP contribution in [0.4, 0.5) is 23.4 Å². The Morgan fingerprint density at radius 2 is 1.87 bits per heavy atom. The van der Waals surface area contributed by atoms with Crippen LogP contribution in [0.2, 0.25) is 0 Å². The summed E-state index contributed by atoms with van der Waals surface area (Å²) in [6, 6.07) is 5.95. The Morgan fingerprint density at radius 3 is 2.39 bits per heavy atom. The average molecular weight is 327 g/mol. The Morgan fingerprint density at radius 1 is 1.22 bits per heavy atom. The molecule has 2 aromatic rings. The first-order valence-corrected chi connectivity index (χ1v) is 7.01. The van der Waals surface area contributed by atoms with E-state index in [1.54, 1.807) is 0 Å². The van der Waals surface area contributed by atoms with Gasteiger partial charge in [-0.05, 0) is 37.0 Å². The van der Waals surface area contributed by atoms with E-state index in [4.69, 9.17) is 0 Å². The fraction of sp³-hybridized carbons (Fsp3) is 0.333. The lowest BCUT2D eigenvalue weighted by Gasteiger charge is -2.31. The monoisotopic (exact) mass is 327 g/mol. The summed E-state index contributed by atoms with van der Waals surface area (Å²) in [6.45, 7) is 0. The van der Waals surface area contributed by atoms with Gasteiger partial charge in [0.25, 0.3) is 5.91 Å². The van der Waals surface area contributed by atoms with Crippen molar-refractivity contribution < 1.29 is 22.4 Å². The summed E-state index contributed by atoms with van der Waals surface area (Å²) in [6.07, 6.45) is -3.35. The zero-order chi connectivity index (χ0) is 16.7. The molecule has 8 heteroatoms. The second-order valence-electron chi connectivity index (χ2n) is 5.51. The van der Waals surface area contributed by atoms with E-state index in [0.717, 1.165) is 12.1 Å². The van der Waals surface area contributed by atoms with Crippen LogP contribution in [0, 0.1) is 0 Å². The van der Waals surface area contributed by atoms with Gasteiger partial charge >= 0.3 is 6.18 Å². The van der Waals surface area contributed by atoms with Crippen molar-refractivity contribution in [1.82, 2.24) is 10.2 Å². The minimum absolute atomic E-state index is 0.133. The van der Waals surface area contributed by atoms with Crippen LogP contribution in [-0.4, -0.2) is 21.8 Å². The summed E-state index contributed by atoms with van der Waals surface area (Å²) in [4.78, 5) is 11.8. The molecule has 3 rings (SSSR count). The Labute approximate surface area is 128 Å². The van der Waals surface area contributed by atoms with Crippen molar-refractivity contribution in [2.45, 2.75) is 31.1 Å². The van der Waals surface area contributed by atoms with Crippen molar-refractivity contribution in [1.29, 1.82) is 0 Å². The Balaban J connectivity index is 1.73. The van der Waals surface area contributed by atoms with E-state index in [1.807, 2.05) is 0 Å². The van der Waals surface area contributed by atoms with E-state index in [0.29, 0.717) is 17.7 Å². The van der Waals surface area contributed by atoms with Crippen LogP contribution in [0.25, 0.3) is 11.3 Å². The van der Waals surface area contributed by atoms with E-state index < -0.39 is 23.3 Å². The van der Waals surface area contributed by atoms with Crippen LogP contribution in [0.15, 0.2) is 30.3 Å². The summed E-state index contributed by atoms with van der Waals surface area (Å²) < 4.78 is 51.5. The number of hydrogen-bond acceptors (Lipinski definition) is 2. The standard InChI is InChI=1S/C15H13F4N3O/c16-14(6-1-7-14)13(23)20-12-8-11(21-22-12)9-2-4-10(5-3-9)15(17,18)19/h2-5,8H,1,6-7H2,(H2,20,21,22,23). The van der Waals surface area contributed by atoms with Gasteiger partial charge in [0.1, 0.15) is 0 Å². The Bertz CT molecular complexity index is 717. The molecule has 1 fully saturated rings. The number of nitrogens with zero attached hydrogens (tertiary/aromatic N) is 1. The number of hydrogen-bond donors (Lipinski definition) is 2. The molecule has 0 unspecified atom stereocenters. The summed E-state index contributed by atoms with van der Waals surface area (Å²) in [5.41, 5.74) is -1.69. The fourth-order valence-electron chi connectivity index (χ4n) is 2.31. The maximum absolute atomic E-state index is 13.9. The lowest BCUT2D eigenvalue weighted by Crippen LogP contribution is -2.44. The molecular weight excluding hydrogens is 314 g/mol. The number of carbonyl (C=O) groups excluding carboxylic acids is 1. The second-order valence-corrected chi connectivity index (χ2v) is 5.51. The Hall–Kier alpha value is -2.38. The van der Waals surface area contributed by atoms with Crippen LogP contribution in [0.1, 0.15) is 24.8 Å². The number of nitrogens with one attached hydrogen (secondary N) is 2. The van der Waals surface area contributed by atoms with Crippen LogP contribution in [0.3, 0.4) is 0 Å². The molecule has 0 spiro atoms. The molecule has 1 aromatic heterocycles. The molecule has 1 aliphatic rings. The van der Waals surface area contributed by atoms with E-state index in [1.165, 1.54) is 18.2 Å². The third-order valence-corrected chi connectivity index (χ3v) is 3.90. The van der Waals surface area contributed by atoms with Crippen molar-refractivity contribution >= 4 is 11.7 Å². The summed E-state index contributed by atoms with van der Waals surface area (Å²) in [5, 5.41) is 8.81. The lowest BCUT2D eigenvalue weighted by atomic mass is 9.81. The maximum Gasteiger partial charge on any atom is 0.416 e. The first-order valence-electron chi connectivity index (χ1n) is 7.01. The SMILES string of the molecule is O=C(Nc1cc(-c2ccc(C(F)(F)F)cc2)[nH]n1)C1(F)CCC1. The van der Waals surface area contributed by atoms with E-state index in [2.05, 4.69) is 15.5 Å². The number of H-pyrrole nitrogens is 1. The highest BCUT2D eigenvalue weighted by Crippen LogP contribution is 2.37. The molecule has 0 radical (unpaired) electrons. The summed E-state index contributed by atoms with van der Waals surface area (Å²) in [5.74, 6) is -0.608. The van der Waals surface area contributed by atoms with Crippen LogP contribution >= 0.6 is 0 Å². The molecular formula is C15H13F4N3O. The number of aromatic amines is 1. The number of aromatic nitrogens is 2. The molecule has 0 bridgehead atoms. The molecule has 1 heterocycles. The van der Waals surface area contributed by atoms with Gasteiger partial charge in [0, 0.05) is 6.07 Å². The van der Waals surface area contributed by atoms with Crippen molar-refractivity contribution in [3.8, 4) is 11.3 Å². The number of halogens is 4. The van der Waals surface area contributed by atoms with Crippen molar-refractivity contribution in [2.24, 2.45) is 0 Å². The van der Waals surface area contributed by atoms with Gasteiger partial charge in [-0.1, -0.05) is 12.1 Å². The predicted molar refractivity (Wildman–Crippen MR) is 75.3 cm³/mol. The summed E-state index contributed by atoms with van der Waals surface area (Å²) >= 11 is 0. The zero-order valence-corrected chi connectivity index (χ0v) is 11.9. The largest absolute Gasteiger partial charge is 0.416 e. The molecule has 1 aromatic carbocycles. The van der Waals surface area contributed by atoms with Gasteiger partial charge in [-0.15, -0.1) is 0 Å². The Kier molecular flexibility index (Phi) is 3.62. The molecule has 122 valence electrons. The highest BCUT2D eigenvalue weighted by atomic mass is 19.4. The molecule has 0 saturated heterocycles. The van der Waals surface area contributed by atoms with Crippen LogP contribution < -0.4 is 5.32 Å². The third kappa shape index (κ3) is 3.06. The van der Waals surface area contributed by atoms with Crippen molar-refractivity contribution in [3.63, 3.8) is 0 Å².